The molecule has 0 bridgehead atoms. The van der Waals surface area contributed by atoms with E-state index in [1.165, 1.54) is 11.3 Å². The molecular weight excluding hydrogens is 376 g/mol. The lowest BCUT2D eigenvalue weighted by molar-refractivity contribution is 0.0946. The summed E-state index contributed by atoms with van der Waals surface area (Å²) in [5.41, 5.74) is 1.14. The summed E-state index contributed by atoms with van der Waals surface area (Å²) in [6.45, 7) is 0.675. The number of rotatable bonds is 8. The van der Waals surface area contributed by atoms with Crippen LogP contribution in [-0.2, 0) is 0 Å². The molecule has 2 aromatic carbocycles. The van der Waals surface area contributed by atoms with Crippen molar-refractivity contribution in [3.8, 4) is 11.5 Å². The van der Waals surface area contributed by atoms with Gasteiger partial charge in [0, 0.05) is 11.3 Å². The minimum Gasteiger partial charge on any atom is -0.493 e. The number of amides is 2. The van der Waals surface area contributed by atoms with Gasteiger partial charge < -0.3 is 20.1 Å². The number of carbonyl (C=O) groups is 2. The molecule has 3 rings (SSSR count). The fourth-order valence-electron chi connectivity index (χ4n) is 2.47. The first-order chi connectivity index (χ1) is 13.7. The standard InChI is InChI=1S/C21H20N2O4S/c1-26-17-5-2-3-6-18(17)27-13-12-22-20(24)15-8-10-16(11-9-15)23-21(25)19-7-4-14-28-19/h2-11,14H,12-13H2,1H3,(H,22,24)(H,23,25). The van der Waals surface area contributed by atoms with Crippen LogP contribution in [0.25, 0.3) is 0 Å². The van der Waals surface area contributed by atoms with Crippen molar-refractivity contribution < 1.29 is 19.1 Å². The van der Waals surface area contributed by atoms with E-state index in [2.05, 4.69) is 10.6 Å². The highest BCUT2D eigenvalue weighted by Gasteiger charge is 2.09. The third-order valence-corrected chi connectivity index (χ3v) is 4.73. The summed E-state index contributed by atoms with van der Waals surface area (Å²) < 4.78 is 10.8. The molecule has 3 aromatic rings. The van der Waals surface area contributed by atoms with E-state index in [0.29, 0.717) is 40.8 Å². The number of benzene rings is 2. The average Bonchev–Trinajstić information content (AvgIpc) is 3.27. The summed E-state index contributed by atoms with van der Waals surface area (Å²) in [4.78, 5) is 24.9. The van der Waals surface area contributed by atoms with Gasteiger partial charge in [-0.1, -0.05) is 18.2 Å². The predicted molar refractivity (Wildman–Crippen MR) is 110 cm³/mol. The van der Waals surface area contributed by atoms with E-state index >= 15 is 0 Å². The third-order valence-electron chi connectivity index (χ3n) is 3.86. The third kappa shape index (κ3) is 5.11. The largest absolute Gasteiger partial charge is 0.493 e. The Bertz CT molecular complexity index is 924. The number of hydrogen-bond donors (Lipinski definition) is 2. The zero-order valence-electron chi connectivity index (χ0n) is 15.3. The van der Waals surface area contributed by atoms with Crippen molar-refractivity contribution in [1.29, 1.82) is 0 Å². The zero-order chi connectivity index (χ0) is 19.8. The predicted octanol–water partition coefficient (Wildman–Crippen LogP) is 3.82. The molecule has 0 fully saturated rings. The summed E-state index contributed by atoms with van der Waals surface area (Å²) in [7, 11) is 1.58. The summed E-state index contributed by atoms with van der Waals surface area (Å²) in [5, 5.41) is 7.45. The number of carbonyl (C=O) groups excluding carboxylic acids is 2. The van der Waals surface area contributed by atoms with Gasteiger partial charge in [0.1, 0.15) is 6.61 Å². The first-order valence-corrected chi connectivity index (χ1v) is 9.54. The van der Waals surface area contributed by atoms with Gasteiger partial charge >= 0.3 is 0 Å². The van der Waals surface area contributed by atoms with Gasteiger partial charge in [0.05, 0.1) is 18.5 Å². The van der Waals surface area contributed by atoms with Crippen molar-refractivity contribution in [3.63, 3.8) is 0 Å². The maximum absolute atomic E-state index is 12.2. The van der Waals surface area contributed by atoms with Gasteiger partial charge in [-0.2, -0.15) is 0 Å². The Morgan fingerprint density at radius 2 is 1.68 bits per heavy atom. The molecule has 7 heteroatoms. The van der Waals surface area contributed by atoms with Crippen LogP contribution in [0, 0.1) is 0 Å². The maximum Gasteiger partial charge on any atom is 0.265 e. The number of thiophene rings is 1. The lowest BCUT2D eigenvalue weighted by atomic mass is 10.2. The zero-order valence-corrected chi connectivity index (χ0v) is 16.1. The smallest absolute Gasteiger partial charge is 0.265 e. The van der Waals surface area contributed by atoms with Crippen molar-refractivity contribution in [2.45, 2.75) is 0 Å². The first-order valence-electron chi connectivity index (χ1n) is 8.66. The lowest BCUT2D eigenvalue weighted by Crippen LogP contribution is -2.28. The molecule has 144 valence electrons. The number of methoxy groups -OCH3 is 1. The lowest BCUT2D eigenvalue weighted by Gasteiger charge is -2.11. The fraction of sp³-hybridized carbons (Fsp3) is 0.143. The minimum absolute atomic E-state index is 0.166. The van der Waals surface area contributed by atoms with Crippen LogP contribution in [-0.4, -0.2) is 32.1 Å². The Morgan fingerprint density at radius 3 is 2.36 bits per heavy atom. The van der Waals surface area contributed by atoms with Crippen molar-refractivity contribution >= 4 is 28.8 Å². The first kappa shape index (κ1) is 19.4. The molecule has 28 heavy (non-hydrogen) atoms. The van der Waals surface area contributed by atoms with Crippen molar-refractivity contribution in [2.24, 2.45) is 0 Å². The molecule has 0 unspecified atom stereocenters. The quantitative estimate of drug-likeness (QED) is 0.568. The van der Waals surface area contributed by atoms with E-state index in [9.17, 15) is 9.59 Å². The van der Waals surface area contributed by atoms with Crippen LogP contribution in [0.2, 0.25) is 0 Å². The summed E-state index contributed by atoms with van der Waals surface area (Å²) in [6, 6.07) is 17.7. The molecular formula is C21H20N2O4S. The van der Waals surface area contributed by atoms with Crippen molar-refractivity contribution in [3.05, 3.63) is 76.5 Å². The highest BCUT2D eigenvalue weighted by atomic mass is 32.1. The highest BCUT2D eigenvalue weighted by Crippen LogP contribution is 2.25. The Labute approximate surface area is 167 Å². The summed E-state index contributed by atoms with van der Waals surface area (Å²) in [5.74, 6) is 0.902. The average molecular weight is 396 g/mol. The van der Waals surface area contributed by atoms with E-state index in [1.807, 2.05) is 35.7 Å². The van der Waals surface area contributed by atoms with Crippen LogP contribution in [0.15, 0.2) is 66.0 Å². The van der Waals surface area contributed by atoms with Gasteiger partial charge in [-0.15, -0.1) is 11.3 Å². The number of hydrogen-bond acceptors (Lipinski definition) is 5. The molecule has 0 aliphatic heterocycles. The van der Waals surface area contributed by atoms with E-state index in [1.54, 1.807) is 37.4 Å². The molecule has 0 atom stereocenters. The van der Waals surface area contributed by atoms with Crippen LogP contribution in [0.1, 0.15) is 20.0 Å². The molecule has 0 radical (unpaired) electrons. The van der Waals surface area contributed by atoms with E-state index in [-0.39, 0.29) is 11.8 Å². The van der Waals surface area contributed by atoms with Gasteiger partial charge in [0.2, 0.25) is 0 Å². The monoisotopic (exact) mass is 396 g/mol. The van der Waals surface area contributed by atoms with Gasteiger partial charge in [-0.3, -0.25) is 9.59 Å². The second-order valence-electron chi connectivity index (χ2n) is 5.76. The number of para-hydroxylation sites is 2. The Balaban J connectivity index is 1.46. The molecule has 1 aromatic heterocycles. The Morgan fingerprint density at radius 1 is 0.929 bits per heavy atom. The topological polar surface area (TPSA) is 76.7 Å². The fourth-order valence-corrected chi connectivity index (χ4v) is 3.09. The van der Waals surface area contributed by atoms with E-state index in [4.69, 9.17) is 9.47 Å². The van der Waals surface area contributed by atoms with Crippen LogP contribution in [0.5, 0.6) is 11.5 Å². The second kappa shape index (κ2) is 9.57. The Hall–Kier alpha value is -3.32. The second-order valence-corrected chi connectivity index (χ2v) is 6.71. The number of anilines is 1. The van der Waals surface area contributed by atoms with Crippen LogP contribution in [0.3, 0.4) is 0 Å². The normalized spacial score (nSPS) is 10.2. The van der Waals surface area contributed by atoms with Gasteiger partial charge in [0.15, 0.2) is 11.5 Å². The number of nitrogens with one attached hydrogen (secondary N) is 2. The van der Waals surface area contributed by atoms with Crippen molar-refractivity contribution in [2.75, 3.05) is 25.6 Å². The SMILES string of the molecule is COc1ccccc1OCCNC(=O)c1ccc(NC(=O)c2cccs2)cc1. The van der Waals surface area contributed by atoms with E-state index < -0.39 is 0 Å². The molecule has 0 aliphatic carbocycles. The molecule has 2 amide bonds. The molecule has 0 saturated carbocycles. The highest BCUT2D eigenvalue weighted by molar-refractivity contribution is 7.12. The minimum atomic E-state index is -0.209. The molecule has 0 spiro atoms. The van der Waals surface area contributed by atoms with Crippen LogP contribution in [0.4, 0.5) is 5.69 Å². The molecule has 0 saturated heterocycles. The summed E-state index contributed by atoms with van der Waals surface area (Å²) >= 11 is 1.37. The maximum atomic E-state index is 12.2. The molecule has 0 aliphatic rings. The molecule has 6 nitrogen and oxygen atoms in total. The molecule has 1 heterocycles. The summed E-state index contributed by atoms with van der Waals surface area (Å²) in [6.07, 6.45) is 0. The van der Waals surface area contributed by atoms with Crippen molar-refractivity contribution in [1.82, 2.24) is 5.32 Å². The van der Waals surface area contributed by atoms with E-state index in [0.717, 1.165) is 0 Å². The van der Waals surface area contributed by atoms with Crippen LogP contribution >= 0.6 is 11.3 Å². The van der Waals surface area contributed by atoms with Gasteiger partial charge in [-0.25, -0.2) is 0 Å². The van der Waals surface area contributed by atoms with Gasteiger partial charge in [0.25, 0.3) is 11.8 Å². The van der Waals surface area contributed by atoms with Gasteiger partial charge in [-0.05, 0) is 47.8 Å². The Kier molecular flexibility index (Phi) is 6.64. The molecule has 2 N–H and O–H groups in total. The number of ether oxygens (including phenoxy) is 2. The van der Waals surface area contributed by atoms with Crippen LogP contribution < -0.4 is 20.1 Å².